The number of rotatable bonds is 8. The van der Waals surface area contributed by atoms with E-state index in [4.69, 9.17) is 9.68 Å². The summed E-state index contributed by atoms with van der Waals surface area (Å²) in [4.78, 5) is 12.2. The number of nitrogens with one attached hydrogen (secondary N) is 1. The number of thioether (sulfide) groups is 1. The van der Waals surface area contributed by atoms with Crippen LogP contribution >= 0.6 is 34.4 Å². The van der Waals surface area contributed by atoms with Gasteiger partial charge in [0, 0.05) is 29.5 Å². The van der Waals surface area contributed by atoms with Crippen LogP contribution in [0.5, 0.6) is 0 Å². The van der Waals surface area contributed by atoms with Gasteiger partial charge in [-0.1, -0.05) is 35.2 Å². The topological polar surface area (TPSA) is 118 Å². The summed E-state index contributed by atoms with van der Waals surface area (Å²) < 4.78 is 6.34. The van der Waals surface area contributed by atoms with E-state index in [0.717, 1.165) is 15.5 Å². The molecule has 8 nitrogen and oxygen atoms in total. The molecule has 0 aliphatic carbocycles. The molecule has 1 aromatic carbocycles. The van der Waals surface area contributed by atoms with Crippen molar-refractivity contribution in [1.29, 1.82) is 5.26 Å². The molecule has 1 amide bonds. The summed E-state index contributed by atoms with van der Waals surface area (Å²) in [6.45, 7) is 0. The third kappa shape index (κ3) is 5.29. The molecule has 11 heteroatoms. The van der Waals surface area contributed by atoms with E-state index in [1.54, 1.807) is 23.5 Å². The molecule has 0 atom stereocenters. The normalized spacial score (nSPS) is 10.6. The highest BCUT2D eigenvalue weighted by atomic mass is 32.2. The molecule has 3 heterocycles. The highest BCUT2D eigenvalue weighted by molar-refractivity contribution is 8.00. The molecule has 1 N–H and O–H groups in total. The number of hydrogen-bond donors (Lipinski definition) is 1. The van der Waals surface area contributed by atoms with Crippen LogP contribution in [0.1, 0.15) is 23.4 Å². The van der Waals surface area contributed by atoms with Gasteiger partial charge < -0.3 is 9.73 Å². The Morgan fingerprint density at radius 2 is 2.03 bits per heavy atom. The maximum Gasteiger partial charge on any atom is 0.248 e. The molecule has 0 saturated heterocycles. The van der Waals surface area contributed by atoms with Crippen LogP contribution in [0, 0.1) is 11.3 Å². The van der Waals surface area contributed by atoms with E-state index >= 15 is 0 Å². The Balaban J connectivity index is 1.24. The van der Waals surface area contributed by atoms with Gasteiger partial charge in [-0.3, -0.25) is 4.79 Å². The van der Waals surface area contributed by atoms with E-state index in [1.165, 1.54) is 23.1 Å². The van der Waals surface area contributed by atoms with Gasteiger partial charge in [0.15, 0.2) is 4.34 Å². The van der Waals surface area contributed by atoms with Gasteiger partial charge in [-0.2, -0.15) is 16.6 Å². The summed E-state index contributed by atoms with van der Waals surface area (Å²) in [6, 6.07) is 11.4. The van der Waals surface area contributed by atoms with Crippen molar-refractivity contribution in [2.75, 3.05) is 5.32 Å². The number of carbonyl (C=O) groups excluding carboxylic acids is 1. The van der Waals surface area contributed by atoms with Crippen molar-refractivity contribution in [2.45, 2.75) is 22.9 Å². The first-order valence-corrected chi connectivity index (χ1v) is 11.5. The largest absolute Gasteiger partial charge is 0.421 e. The first kappa shape index (κ1) is 20.2. The minimum atomic E-state index is -0.190. The van der Waals surface area contributed by atoms with Crippen molar-refractivity contribution in [3.8, 4) is 17.5 Å². The van der Waals surface area contributed by atoms with Crippen LogP contribution in [-0.2, 0) is 17.0 Å². The third-order valence-electron chi connectivity index (χ3n) is 3.90. The molecule has 4 aromatic rings. The van der Waals surface area contributed by atoms with E-state index in [9.17, 15) is 4.79 Å². The zero-order valence-corrected chi connectivity index (χ0v) is 17.9. The molecule has 0 aliphatic rings. The van der Waals surface area contributed by atoms with Gasteiger partial charge in [0.1, 0.15) is 0 Å². The Hall–Kier alpha value is -3.07. The summed E-state index contributed by atoms with van der Waals surface area (Å²) in [6.07, 6.45) is 0.556. The van der Waals surface area contributed by atoms with Crippen LogP contribution in [0.4, 0.5) is 5.13 Å². The summed E-state index contributed by atoms with van der Waals surface area (Å²) in [5.74, 6) is 1.39. The Morgan fingerprint density at radius 1 is 1.17 bits per heavy atom. The molecule has 0 unspecified atom stereocenters. The number of amides is 1. The predicted molar refractivity (Wildman–Crippen MR) is 115 cm³/mol. The molecule has 3 aromatic heterocycles. The van der Waals surface area contributed by atoms with Gasteiger partial charge in [0.2, 0.25) is 22.8 Å². The Bertz CT molecular complexity index is 1160. The predicted octanol–water partition coefficient (Wildman–Crippen LogP) is 4.38. The molecule has 0 radical (unpaired) electrons. The second kappa shape index (κ2) is 9.62. The van der Waals surface area contributed by atoms with Crippen LogP contribution in [0.15, 0.2) is 49.8 Å². The number of aryl methyl sites for hydroxylation is 1. The van der Waals surface area contributed by atoms with E-state index < -0.39 is 0 Å². The molecular formula is C19H14N6O2S3. The van der Waals surface area contributed by atoms with Gasteiger partial charge in [-0.25, -0.2) is 0 Å². The number of benzene rings is 1. The highest BCUT2D eigenvalue weighted by Crippen LogP contribution is 2.28. The number of nitriles is 1. The maximum atomic E-state index is 12.2. The summed E-state index contributed by atoms with van der Waals surface area (Å²) in [5, 5.41) is 32.0. The minimum absolute atomic E-state index is 0.190. The van der Waals surface area contributed by atoms with Gasteiger partial charge >= 0.3 is 0 Å². The lowest BCUT2D eigenvalue weighted by atomic mass is 10.2. The third-order valence-corrected chi connectivity index (χ3v) is 6.63. The van der Waals surface area contributed by atoms with Crippen molar-refractivity contribution >= 4 is 45.5 Å². The fourth-order valence-corrected chi connectivity index (χ4v) is 4.75. The number of nitrogens with zero attached hydrogens (tertiary/aromatic N) is 5. The maximum absolute atomic E-state index is 12.2. The first-order chi connectivity index (χ1) is 14.7. The summed E-state index contributed by atoms with van der Waals surface area (Å²) >= 11 is 4.39. The van der Waals surface area contributed by atoms with E-state index in [2.05, 4.69) is 31.8 Å². The molecule has 0 spiro atoms. The Kier molecular flexibility index (Phi) is 6.48. The lowest BCUT2D eigenvalue weighted by Gasteiger charge is -1.99. The lowest BCUT2D eigenvalue weighted by Crippen LogP contribution is -2.12. The van der Waals surface area contributed by atoms with Crippen LogP contribution in [0.3, 0.4) is 0 Å². The van der Waals surface area contributed by atoms with Gasteiger partial charge in [0.05, 0.1) is 11.6 Å². The zero-order valence-electron chi connectivity index (χ0n) is 15.4. The molecular weight excluding hydrogens is 440 g/mol. The number of carbonyl (C=O) groups is 1. The number of thiophene rings is 1. The van der Waals surface area contributed by atoms with Gasteiger partial charge in [-0.05, 0) is 29.1 Å². The summed E-state index contributed by atoms with van der Waals surface area (Å²) in [7, 11) is 0. The van der Waals surface area contributed by atoms with Crippen LogP contribution < -0.4 is 5.32 Å². The van der Waals surface area contributed by atoms with Crippen molar-refractivity contribution in [3.63, 3.8) is 0 Å². The summed E-state index contributed by atoms with van der Waals surface area (Å²) in [5.41, 5.74) is 2.59. The van der Waals surface area contributed by atoms with E-state index in [-0.39, 0.29) is 12.3 Å². The second-order valence-electron chi connectivity index (χ2n) is 6.03. The zero-order chi connectivity index (χ0) is 20.8. The SMILES string of the molecule is N#Cc1ccc(CSc2nnc(NC(=O)CCc3nnc(-c4ccsc4)o3)s2)cc1. The van der Waals surface area contributed by atoms with Crippen LogP contribution in [0.25, 0.3) is 11.5 Å². The molecule has 4 rings (SSSR count). The molecule has 0 fully saturated rings. The Morgan fingerprint density at radius 3 is 2.80 bits per heavy atom. The number of hydrogen-bond acceptors (Lipinski definition) is 10. The monoisotopic (exact) mass is 454 g/mol. The second-order valence-corrected chi connectivity index (χ2v) is 9.01. The fourth-order valence-electron chi connectivity index (χ4n) is 2.40. The van der Waals surface area contributed by atoms with Gasteiger partial charge in [0.25, 0.3) is 0 Å². The molecule has 0 aliphatic heterocycles. The Labute approximate surface area is 184 Å². The van der Waals surface area contributed by atoms with Crippen molar-refractivity contribution in [3.05, 3.63) is 58.1 Å². The quantitative estimate of drug-likeness (QED) is 0.308. The molecule has 0 bridgehead atoms. The number of aromatic nitrogens is 4. The van der Waals surface area contributed by atoms with Crippen molar-refractivity contribution < 1.29 is 9.21 Å². The standard InChI is InChI=1S/C19H14N6O2S3/c20-9-12-1-3-13(4-2-12)10-29-19-25-24-18(30-19)21-15(26)5-6-16-22-23-17(27-16)14-7-8-28-11-14/h1-4,7-8,11H,5-6,10H2,(H,21,24,26). The van der Waals surface area contributed by atoms with Gasteiger partial charge in [-0.15, -0.1) is 20.4 Å². The average Bonchev–Trinajstić information content (AvgIpc) is 3.53. The molecule has 150 valence electrons. The smallest absolute Gasteiger partial charge is 0.248 e. The minimum Gasteiger partial charge on any atom is -0.421 e. The van der Waals surface area contributed by atoms with Crippen molar-refractivity contribution in [2.24, 2.45) is 0 Å². The van der Waals surface area contributed by atoms with Crippen LogP contribution in [-0.4, -0.2) is 26.3 Å². The van der Waals surface area contributed by atoms with Crippen LogP contribution in [0.2, 0.25) is 0 Å². The average molecular weight is 455 g/mol. The van der Waals surface area contributed by atoms with Crippen molar-refractivity contribution in [1.82, 2.24) is 20.4 Å². The van der Waals surface area contributed by atoms with E-state index in [0.29, 0.717) is 34.7 Å². The highest BCUT2D eigenvalue weighted by Gasteiger charge is 2.13. The fraction of sp³-hybridized carbons (Fsp3) is 0.158. The molecule has 30 heavy (non-hydrogen) atoms. The molecule has 0 saturated carbocycles. The number of anilines is 1. The van der Waals surface area contributed by atoms with E-state index in [1.807, 2.05) is 29.0 Å². The first-order valence-electron chi connectivity index (χ1n) is 8.80. The lowest BCUT2D eigenvalue weighted by molar-refractivity contribution is -0.116.